The van der Waals surface area contributed by atoms with Gasteiger partial charge in [-0.15, -0.1) is 0 Å². The summed E-state index contributed by atoms with van der Waals surface area (Å²) in [5.74, 6) is 0.0720. The number of nitrogens with one attached hydrogen (secondary N) is 2. The SMILES string of the molecule is CC(=O)Nc1cccc(-n2c(=O)n(C3CC3)c(=O)c3c(Nc4ccc(I)cc4C)n(C)c(=O)c(C)c32)c1. The predicted octanol–water partition coefficient (Wildman–Crippen LogP) is 4.11. The third-order valence-corrected chi connectivity index (χ3v) is 7.29. The van der Waals surface area contributed by atoms with Crippen LogP contribution in [0.2, 0.25) is 0 Å². The van der Waals surface area contributed by atoms with E-state index in [-0.39, 0.29) is 34.0 Å². The van der Waals surface area contributed by atoms with Crippen LogP contribution < -0.4 is 27.4 Å². The highest BCUT2D eigenvalue weighted by Gasteiger charge is 2.31. The fourth-order valence-corrected chi connectivity index (χ4v) is 5.32. The van der Waals surface area contributed by atoms with E-state index in [0.717, 1.165) is 27.7 Å². The van der Waals surface area contributed by atoms with Crippen molar-refractivity contribution < 1.29 is 4.79 Å². The molecule has 1 amide bonds. The molecule has 10 heteroatoms. The number of fused-ring (bicyclic) bond motifs is 1. The minimum Gasteiger partial charge on any atom is -0.341 e. The molecule has 0 aliphatic heterocycles. The number of pyridine rings is 1. The third-order valence-electron chi connectivity index (χ3n) is 6.62. The van der Waals surface area contributed by atoms with Crippen molar-refractivity contribution in [3.8, 4) is 5.69 Å². The molecule has 4 aromatic rings. The molecule has 1 saturated carbocycles. The molecule has 0 bridgehead atoms. The number of carbonyl (C=O) groups is 1. The van der Waals surface area contributed by atoms with Crippen LogP contribution in [0.4, 0.5) is 17.2 Å². The van der Waals surface area contributed by atoms with Gasteiger partial charge in [0.15, 0.2) is 0 Å². The summed E-state index contributed by atoms with van der Waals surface area (Å²) in [6.45, 7) is 4.98. The van der Waals surface area contributed by atoms with Gasteiger partial charge in [-0.1, -0.05) is 6.07 Å². The van der Waals surface area contributed by atoms with Crippen molar-refractivity contribution in [3.05, 3.63) is 88.4 Å². The van der Waals surface area contributed by atoms with Crippen LogP contribution in [0.3, 0.4) is 0 Å². The summed E-state index contributed by atoms with van der Waals surface area (Å²) in [5, 5.41) is 6.31. The van der Waals surface area contributed by atoms with Crippen molar-refractivity contribution >= 4 is 56.6 Å². The topological polar surface area (TPSA) is 107 Å². The molecule has 0 spiro atoms. The van der Waals surface area contributed by atoms with E-state index < -0.39 is 11.2 Å². The molecule has 1 aliphatic rings. The van der Waals surface area contributed by atoms with Gasteiger partial charge in [-0.2, -0.15) is 0 Å². The number of nitrogens with zero attached hydrogens (tertiary/aromatic N) is 3. The minimum absolute atomic E-state index is 0.195. The Balaban J connectivity index is 1.90. The standard InChI is InChI=1S/C27H26IN5O4/c1-14-12-17(28)8-11-21(14)30-24-22-23(15(2)25(35)31(24)4)32(27(37)33(26(22)36)19-9-10-19)20-7-5-6-18(13-20)29-16(3)34/h5-8,11-13,19,30H,9-10H2,1-4H3,(H,29,34). The number of aryl methyl sites for hydroxylation is 2. The van der Waals surface area contributed by atoms with E-state index in [0.29, 0.717) is 17.2 Å². The van der Waals surface area contributed by atoms with Gasteiger partial charge in [0, 0.05) is 40.5 Å². The zero-order valence-electron chi connectivity index (χ0n) is 20.9. The van der Waals surface area contributed by atoms with Gasteiger partial charge in [-0.3, -0.25) is 28.1 Å². The van der Waals surface area contributed by atoms with E-state index in [4.69, 9.17) is 0 Å². The zero-order chi connectivity index (χ0) is 26.6. The van der Waals surface area contributed by atoms with Crippen LogP contribution in [0.5, 0.6) is 0 Å². The molecule has 2 aromatic carbocycles. The smallest absolute Gasteiger partial charge is 0.336 e. The van der Waals surface area contributed by atoms with Gasteiger partial charge >= 0.3 is 5.69 Å². The van der Waals surface area contributed by atoms with Crippen molar-refractivity contribution in [1.82, 2.24) is 13.7 Å². The van der Waals surface area contributed by atoms with Gasteiger partial charge in [0.1, 0.15) is 11.2 Å². The average Bonchev–Trinajstić information content (AvgIpc) is 3.67. The lowest BCUT2D eigenvalue weighted by atomic mass is 10.1. The van der Waals surface area contributed by atoms with Crippen LogP contribution in [-0.2, 0) is 11.8 Å². The molecule has 2 aromatic heterocycles. The molecule has 1 fully saturated rings. The molecule has 0 radical (unpaired) electrons. The highest BCUT2D eigenvalue weighted by Crippen LogP contribution is 2.34. The first-order valence-electron chi connectivity index (χ1n) is 11.9. The molecule has 37 heavy (non-hydrogen) atoms. The lowest BCUT2D eigenvalue weighted by Gasteiger charge is -2.21. The predicted molar refractivity (Wildman–Crippen MR) is 154 cm³/mol. The van der Waals surface area contributed by atoms with Crippen LogP contribution in [-0.4, -0.2) is 19.6 Å². The Morgan fingerprint density at radius 3 is 2.41 bits per heavy atom. The second kappa shape index (κ2) is 9.33. The number of amides is 1. The quantitative estimate of drug-likeness (QED) is 0.331. The fraction of sp³-hybridized carbons (Fsp3) is 0.259. The number of aromatic nitrogens is 3. The van der Waals surface area contributed by atoms with Gasteiger partial charge in [0.05, 0.1) is 11.2 Å². The van der Waals surface area contributed by atoms with Crippen LogP contribution >= 0.6 is 22.6 Å². The Morgan fingerprint density at radius 2 is 1.76 bits per heavy atom. The number of hydrogen-bond acceptors (Lipinski definition) is 5. The minimum atomic E-state index is -0.507. The van der Waals surface area contributed by atoms with Crippen molar-refractivity contribution in [1.29, 1.82) is 0 Å². The van der Waals surface area contributed by atoms with E-state index in [1.54, 1.807) is 38.2 Å². The van der Waals surface area contributed by atoms with Crippen LogP contribution in [0.25, 0.3) is 16.6 Å². The third kappa shape index (κ3) is 4.39. The maximum atomic E-state index is 13.9. The maximum absolute atomic E-state index is 13.9. The van der Waals surface area contributed by atoms with Crippen molar-refractivity contribution in [2.75, 3.05) is 10.6 Å². The summed E-state index contributed by atoms with van der Waals surface area (Å²) >= 11 is 2.23. The van der Waals surface area contributed by atoms with Gasteiger partial charge in [-0.25, -0.2) is 4.79 Å². The molecule has 2 heterocycles. The molecule has 2 N–H and O–H groups in total. The number of rotatable bonds is 5. The van der Waals surface area contributed by atoms with Gasteiger partial charge in [0.2, 0.25) is 5.91 Å². The highest BCUT2D eigenvalue weighted by molar-refractivity contribution is 14.1. The second-order valence-corrected chi connectivity index (χ2v) is 10.6. The Kier molecular flexibility index (Phi) is 6.30. The molecule has 190 valence electrons. The van der Waals surface area contributed by atoms with Crippen molar-refractivity contribution in [3.63, 3.8) is 0 Å². The number of hydrogen-bond donors (Lipinski definition) is 2. The van der Waals surface area contributed by atoms with Gasteiger partial charge < -0.3 is 10.6 Å². The maximum Gasteiger partial charge on any atom is 0.336 e. The lowest BCUT2D eigenvalue weighted by Crippen LogP contribution is -2.41. The number of anilines is 3. The highest BCUT2D eigenvalue weighted by atomic mass is 127. The van der Waals surface area contributed by atoms with Crippen LogP contribution in [0.1, 0.15) is 36.9 Å². The summed E-state index contributed by atoms with van der Waals surface area (Å²) in [5.41, 5.74) is 1.93. The molecule has 0 atom stereocenters. The van der Waals surface area contributed by atoms with Crippen molar-refractivity contribution in [2.45, 2.75) is 39.7 Å². The summed E-state index contributed by atoms with van der Waals surface area (Å²) in [7, 11) is 1.62. The Labute approximate surface area is 225 Å². The first kappa shape index (κ1) is 25.0. The normalized spacial score (nSPS) is 13.1. The number of halogens is 1. The van der Waals surface area contributed by atoms with E-state index in [9.17, 15) is 19.2 Å². The number of benzene rings is 2. The Bertz CT molecular complexity index is 1780. The zero-order valence-corrected chi connectivity index (χ0v) is 23.0. The molecule has 0 saturated heterocycles. The monoisotopic (exact) mass is 611 g/mol. The molecule has 1 aliphatic carbocycles. The number of carbonyl (C=O) groups excluding carboxylic acids is 1. The summed E-state index contributed by atoms with van der Waals surface area (Å²) < 4.78 is 5.20. The molecule has 9 nitrogen and oxygen atoms in total. The van der Waals surface area contributed by atoms with Gasteiger partial charge in [0.25, 0.3) is 11.1 Å². The van der Waals surface area contributed by atoms with Crippen LogP contribution in [0.15, 0.2) is 56.8 Å². The Morgan fingerprint density at radius 1 is 1.03 bits per heavy atom. The summed E-state index contributed by atoms with van der Waals surface area (Å²) in [4.78, 5) is 52.9. The van der Waals surface area contributed by atoms with Gasteiger partial charge in [-0.05, 0) is 91.2 Å². The van der Waals surface area contributed by atoms with E-state index >= 15 is 0 Å². The lowest BCUT2D eigenvalue weighted by molar-refractivity contribution is -0.114. The fourth-order valence-electron chi connectivity index (χ4n) is 4.68. The largest absolute Gasteiger partial charge is 0.341 e. The average molecular weight is 611 g/mol. The molecule has 0 unspecified atom stereocenters. The molecular formula is C27H26IN5O4. The van der Waals surface area contributed by atoms with Crippen LogP contribution in [0, 0.1) is 17.4 Å². The van der Waals surface area contributed by atoms with Crippen molar-refractivity contribution in [2.24, 2.45) is 7.05 Å². The van der Waals surface area contributed by atoms with E-state index in [2.05, 4.69) is 33.2 Å². The summed E-state index contributed by atoms with van der Waals surface area (Å²) in [6, 6.07) is 12.5. The van der Waals surface area contributed by atoms with E-state index in [1.165, 1.54) is 20.6 Å². The Hall–Kier alpha value is -3.67. The second-order valence-electron chi connectivity index (χ2n) is 9.40. The molecular weight excluding hydrogens is 585 g/mol. The summed E-state index contributed by atoms with van der Waals surface area (Å²) in [6.07, 6.45) is 1.46. The van der Waals surface area contributed by atoms with E-state index in [1.807, 2.05) is 25.1 Å². The first-order valence-corrected chi connectivity index (χ1v) is 13.0. The molecule has 5 rings (SSSR count). The first-order chi connectivity index (χ1) is 17.6.